The molecule has 3 N–H and O–H groups in total. The standard InChI is InChI=1S/C24H23NO4/c1-15(22(25)23(26)27)29-24(16-11-13-17(28-2)14-12-16)20-9-5-3-7-18(20)19-8-4-6-10-21(19)24/h3-15,22H,25H2,1-2H3,(H,26,27)/t15?,22-/m0/s1. The highest BCUT2D eigenvalue weighted by atomic mass is 16.5. The number of hydrogen-bond acceptors (Lipinski definition) is 4. The maximum atomic E-state index is 11.5. The van der Waals surface area contributed by atoms with Gasteiger partial charge >= 0.3 is 5.97 Å². The second-order valence-electron chi connectivity index (χ2n) is 7.19. The smallest absolute Gasteiger partial charge is 0.323 e. The summed E-state index contributed by atoms with van der Waals surface area (Å²) < 4.78 is 11.9. The molecule has 0 saturated heterocycles. The summed E-state index contributed by atoms with van der Waals surface area (Å²) in [6, 6.07) is 22.6. The zero-order valence-corrected chi connectivity index (χ0v) is 16.3. The predicted molar refractivity (Wildman–Crippen MR) is 111 cm³/mol. The van der Waals surface area contributed by atoms with Gasteiger partial charge in [-0.25, -0.2) is 0 Å². The van der Waals surface area contributed by atoms with Crippen molar-refractivity contribution in [3.05, 3.63) is 89.5 Å². The Balaban J connectivity index is 1.97. The molecule has 2 atom stereocenters. The molecule has 0 spiro atoms. The molecule has 0 aliphatic heterocycles. The number of carbonyl (C=O) groups is 1. The molecule has 4 rings (SSSR count). The molecule has 0 fully saturated rings. The van der Waals surface area contributed by atoms with Gasteiger partial charge in [-0.3, -0.25) is 4.79 Å². The molecule has 148 valence electrons. The van der Waals surface area contributed by atoms with Gasteiger partial charge < -0.3 is 20.3 Å². The molecule has 1 aliphatic carbocycles. The minimum absolute atomic E-state index is 0.728. The van der Waals surface area contributed by atoms with Crippen molar-refractivity contribution in [2.24, 2.45) is 5.73 Å². The SMILES string of the molecule is COc1ccc(C2(OC(C)[C@H](N)C(=O)O)c3ccccc3-c3ccccc32)cc1. The average Bonchev–Trinajstić information content (AvgIpc) is 3.04. The summed E-state index contributed by atoms with van der Waals surface area (Å²) in [7, 11) is 1.62. The molecule has 0 bridgehead atoms. The van der Waals surface area contributed by atoms with E-state index in [1.807, 2.05) is 60.7 Å². The van der Waals surface area contributed by atoms with Crippen LogP contribution in [0.15, 0.2) is 72.8 Å². The quantitative estimate of drug-likeness (QED) is 0.670. The fourth-order valence-corrected chi connectivity index (χ4v) is 4.08. The molecule has 5 heteroatoms. The van der Waals surface area contributed by atoms with E-state index in [0.29, 0.717) is 0 Å². The Morgan fingerprint density at radius 3 is 1.93 bits per heavy atom. The predicted octanol–water partition coefficient (Wildman–Crippen LogP) is 3.78. The minimum Gasteiger partial charge on any atom is -0.497 e. The van der Waals surface area contributed by atoms with Crippen LogP contribution in [0.25, 0.3) is 11.1 Å². The zero-order valence-electron chi connectivity index (χ0n) is 16.3. The van der Waals surface area contributed by atoms with E-state index in [-0.39, 0.29) is 0 Å². The number of fused-ring (bicyclic) bond motifs is 3. The van der Waals surface area contributed by atoms with E-state index in [0.717, 1.165) is 33.6 Å². The molecular formula is C24H23NO4. The van der Waals surface area contributed by atoms with Crippen molar-refractivity contribution >= 4 is 5.97 Å². The number of hydrogen-bond donors (Lipinski definition) is 2. The van der Waals surface area contributed by atoms with Crippen LogP contribution in [0, 0.1) is 0 Å². The summed E-state index contributed by atoms with van der Waals surface area (Å²) in [6.45, 7) is 1.70. The Hall–Kier alpha value is -3.15. The highest BCUT2D eigenvalue weighted by Crippen LogP contribution is 2.53. The van der Waals surface area contributed by atoms with Gasteiger partial charge in [0.2, 0.25) is 0 Å². The molecule has 0 amide bonds. The summed E-state index contributed by atoms with van der Waals surface area (Å²) in [4.78, 5) is 11.5. The number of aliphatic carboxylic acids is 1. The number of benzene rings is 3. The Labute approximate surface area is 169 Å². The van der Waals surface area contributed by atoms with Crippen LogP contribution >= 0.6 is 0 Å². The van der Waals surface area contributed by atoms with E-state index in [4.69, 9.17) is 15.2 Å². The lowest BCUT2D eigenvalue weighted by Gasteiger charge is -2.36. The van der Waals surface area contributed by atoms with Gasteiger partial charge in [0.1, 0.15) is 17.4 Å². The van der Waals surface area contributed by atoms with Crippen LogP contribution in [0.1, 0.15) is 23.6 Å². The lowest BCUT2D eigenvalue weighted by molar-refractivity contribution is -0.144. The summed E-state index contributed by atoms with van der Waals surface area (Å²) in [5.74, 6) is -0.360. The van der Waals surface area contributed by atoms with Gasteiger partial charge in [-0.1, -0.05) is 60.7 Å². The normalized spacial score (nSPS) is 15.8. The van der Waals surface area contributed by atoms with Gasteiger partial charge in [-0.15, -0.1) is 0 Å². The summed E-state index contributed by atoms with van der Waals surface area (Å²) in [6.07, 6.45) is -0.728. The highest BCUT2D eigenvalue weighted by Gasteiger charge is 2.47. The number of methoxy groups -OCH3 is 1. The molecule has 29 heavy (non-hydrogen) atoms. The molecule has 0 heterocycles. The highest BCUT2D eigenvalue weighted by molar-refractivity contribution is 5.82. The third kappa shape index (κ3) is 2.99. The van der Waals surface area contributed by atoms with Crippen molar-refractivity contribution in [3.8, 4) is 16.9 Å². The van der Waals surface area contributed by atoms with Gasteiger partial charge in [-0.2, -0.15) is 0 Å². The molecule has 1 unspecified atom stereocenters. The third-order valence-electron chi connectivity index (χ3n) is 5.55. The first-order valence-electron chi connectivity index (χ1n) is 9.49. The average molecular weight is 389 g/mol. The Kier molecular flexibility index (Phi) is 4.86. The molecule has 0 saturated carbocycles. The first kappa shape index (κ1) is 19.2. The van der Waals surface area contributed by atoms with Crippen LogP contribution in [-0.2, 0) is 15.1 Å². The number of ether oxygens (including phenoxy) is 2. The van der Waals surface area contributed by atoms with Crippen molar-refractivity contribution < 1.29 is 19.4 Å². The first-order valence-corrected chi connectivity index (χ1v) is 9.49. The maximum absolute atomic E-state index is 11.5. The summed E-state index contributed by atoms with van der Waals surface area (Å²) >= 11 is 0. The van der Waals surface area contributed by atoms with Crippen LogP contribution in [0.4, 0.5) is 0 Å². The molecule has 1 aliphatic rings. The van der Waals surface area contributed by atoms with Crippen molar-refractivity contribution in [2.75, 3.05) is 7.11 Å². The molecular weight excluding hydrogens is 366 g/mol. The van der Waals surface area contributed by atoms with Crippen LogP contribution in [0.5, 0.6) is 5.75 Å². The third-order valence-corrected chi connectivity index (χ3v) is 5.55. The van der Waals surface area contributed by atoms with Crippen LogP contribution < -0.4 is 10.5 Å². The van der Waals surface area contributed by atoms with Crippen LogP contribution in [-0.4, -0.2) is 30.3 Å². The fraction of sp³-hybridized carbons (Fsp3) is 0.208. The first-order chi connectivity index (χ1) is 14.0. The monoisotopic (exact) mass is 389 g/mol. The van der Waals surface area contributed by atoms with E-state index >= 15 is 0 Å². The second-order valence-corrected chi connectivity index (χ2v) is 7.19. The maximum Gasteiger partial charge on any atom is 0.323 e. The van der Waals surface area contributed by atoms with E-state index in [1.165, 1.54) is 0 Å². The Morgan fingerprint density at radius 1 is 0.931 bits per heavy atom. The van der Waals surface area contributed by atoms with E-state index in [1.54, 1.807) is 14.0 Å². The van der Waals surface area contributed by atoms with Gasteiger partial charge in [0, 0.05) is 11.1 Å². The fourth-order valence-electron chi connectivity index (χ4n) is 4.08. The van der Waals surface area contributed by atoms with Gasteiger partial charge in [0.05, 0.1) is 13.2 Å². The number of rotatable bonds is 6. The lowest BCUT2D eigenvalue weighted by atomic mass is 9.83. The van der Waals surface area contributed by atoms with Crippen molar-refractivity contribution in [2.45, 2.75) is 24.7 Å². The van der Waals surface area contributed by atoms with Gasteiger partial charge in [-0.05, 0) is 35.7 Å². The number of nitrogens with two attached hydrogens (primary N) is 1. The molecule has 3 aromatic rings. The van der Waals surface area contributed by atoms with E-state index < -0.39 is 23.7 Å². The molecule has 0 aromatic heterocycles. The van der Waals surface area contributed by atoms with Crippen molar-refractivity contribution in [1.29, 1.82) is 0 Å². The van der Waals surface area contributed by atoms with Crippen molar-refractivity contribution in [1.82, 2.24) is 0 Å². The minimum atomic E-state index is -1.15. The summed E-state index contributed by atoms with van der Waals surface area (Å²) in [5, 5.41) is 9.42. The van der Waals surface area contributed by atoms with Crippen LogP contribution in [0.2, 0.25) is 0 Å². The lowest BCUT2D eigenvalue weighted by Crippen LogP contribution is -2.46. The Bertz CT molecular complexity index is 999. The molecule has 0 radical (unpaired) electrons. The molecule has 3 aromatic carbocycles. The zero-order chi connectivity index (χ0) is 20.6. The number of carboxylic acid groups (broad SMARTS) is 1. The van der Waals surface area contributed by atoms with Crippen molar-refractivity contribution in [3.63, 3.8) is 0 Å². The number of carboxylic acids is 1. The van der Waals surface area contributed by atoms with E-state index in [9.17, 15) is 9.90 Å². The van der Waals surface area contributed by atoms with Gasteiger partial charge in [0.15, 0.2) is 0 Å². The van der Waals surface area contributed by atoms with Crippen LogP contribution in [0.3, 0.4) is 0 Å². The van der Waals surface area contributed by atoms with Gasteiger partial charge in [0.25, 0.3) is 0 Å². The Morgan fingerprint density at radius 2 is 1.45 bits per heavy atom. The molecule has 5 nitrogen and oxygen atoms in total. The largest absolute Gasteiger partial charge is 0.497 e. The van der Waals surface area contributed by atoms with E-state index in [2.05, 4.69) is 12.1 Å². The topological polar surface area (TPSA) is 81.8 Å². The summed E-state index contributed by atoms with van der Waals surface area (Å²) in [5.41, 5.74) is 9.91. The second kappa shape index (κ2) is 7.35.